The number of thiophene rings is 1. The summed E-state index contributed by atoms with van der Waals surface area (Å²) >= 11 is 1.29. The molecule has 3 fully saturated rings. The van der Waals surface area contributed by atoms with Crippen molar-refractivity contribution in [1.29, 1.82) is 0 Å². The first kappa shape index (κ1) is 42.8. The Morgan fingerprint density at radius 2 is 1.85 bits per heavy atom. The molecular formula is C41H60N4O9S. The zero-order valence-electron chi connectivity index (χ0n) is 34.2. The van der Waals surface area contributed by atoms with Crippen LogP contribution in [0, 0.1) is 40.9 Å². The molecule has 0 aliphatic carbocycles. The van der Waals surface area contributed by atoms with E-state index in [-0.39, 0.29) is 42.1 Å². The number of Topliss-reactive ketones (excluding diaryl/α,β-unsaturated/α-hetero) is 1. The number of cyclic esters (lactones) is 1. The Balaban J connectivity index is 1.64. The molecule has 2 N–H and O–H groups in total. The number of ether oxygens (including phenoxy) is 4. The second-order valence-electron chi connectivity index (χ2n) is 16.6. The summed E-state index contributed by atoms with van der Waals surface area (Å²) in [6.45, 7) is 15.8. The lowest BCUT2D eigenvalue weighted by Gasteiger charge is -2.47. The van der Waals surface area contributed by atoms with E-state index in [4.69, 9.17) is 23.9 Å². The standard InChI is InChI=1S/C41H60N4O9S/c1-12-30-41(8)34-24(4)31(43-18-19-45(34)39(50)54-41)22(2)21-40(7,17-13-14-27-15-16-29(55-27)36(48)42-9)35(25(5)32(46)26(6)37(49)52-30)53-38-33(47)28(44(10)11)20-23(3)51-38/h15-16,22-26,28,30,33-35,38,47H,12,17-21H2,1-11H3,(H,42,48)/t22-,23-,24+,25+,26-,28+,30-,33-,34-,35-,38?,40+,41-/m1/s1. The lowest BCUT2D eigenvalue weighted by atomic mass is 9.66. The minimum Gasteiger partial charge on any atom is -0.458 e. The summed E-state index contributed by atoms with van der Waals surface area (Å²) < 4.78 is 25.5. The van der Waals surface area contributed by atoms with Gasteiger partial charge in [0.2, 0.25) is 0 Å². The number of nitrogens with zero attached hydrogens (tertiary/aromatic N) is 3. The summed E-state index contributed by atoms with van der Waals surface area (Å²) in [5.41, 5.74) is -1.17. The highest BCUT2D eigenvalue weighted by molar-refractivity contribution is 7.14. The average molecular weight is 785 g/mol. The molecule has 0 saturated carbocycles. The van der Waals surface area contributed by atoms with Crippen molar-refractivity contribution in [3.05, 3.63) is 21.9 Å². The van der Waals surface area contributed by atoms with Gasteiger partial charge in [0.25, 0.3) is 5.91 Å². The number of aliphatic hydroxyl groups is 1. The highest BCUT2D eigenvalue weighted by Crippen LogP contribution is 2.46. The minimum atomic E-state index is -1.19. The van der Waals surface area contributed by atoms with Gasteiger partial charge in [0.1, 0.15) is 18.1 Å². The Morgan fingerprint density at radius 3 is 2.51 bits per heavy atom. The number of esters is 1. The van der Waals surface area contributed by atoms with Crippen LogP contribution in [-0.2, 0) is 28.5 Å². The number of ketones is 1. The lowest BCUT2D eigenvalue weighted by molar-refractivity contribution is -0.286. The van der Waals surface area contributed by atoms with Gasteiger partial charge in [-0.05, 0) is 72.2 Å². The molecule has 0 aromatic carbocycles. The van der Waals surface area contributed by atoms with Crippen LogP contribution in [0.4, 0.5) is 4.79 Å². The number of hydrogen-bond acceptors (Lipinski definition) is 12. The molecule has 4 aliphatic heterocycles. The lowest BCUT2D eigenvalue weighted by Crippen LogP contribution is -2.58. The topological polar surface area (TPSA) is 156 Å². The van der Waals surface area contributed by atoms with Crippen LogP contribution in [0.1, 0.15) is 95.6 Å². The first-order valence-electron chi connectivity index (χ1n) is 19.6. The van der Waals surface area contributed by atoms with Gasteiger partial charge < -0.3 is 34.3 Å². The third-order valence-corrected chi connectivity index (χ3v) is 13.3. The molecule has 304 valence electrons. The van der Waals surface area contributed by atoms with E-state index in [9.17, 15) is 24.3 Å². The molecule has 5 heterocycles. The third kappa shape index (κ3) is 8.52. The summed E-state index contributed by atoms with van der Waals surface area (Å²) in [6, 6.07) is 2.81. The molecule has 1 aromatic heterocycles. The Bertz CT molecular complexity index is 1700. The molecule has 13 nitrogen and oxygen atoms in total. The zero-order chi connectivity index (χ0) is 40.6. The number of nitrogens with one attached hydrogen (secondary N) is 1. The first-order valence-corrected chi connectivity index (χ1v) is 20.4. The van der Waals surface area contributed by atoms with Gasteiger partial charge in [-0.2, -0.15) is 0 Å². The van der Waals surface area contributed by atoms with Crippen molar-refractivity contribution >= 4 is 40.8 Å². The first-order chi connectivity index (χ1) is 25.9. The van der Waals surface area contributed by atoms with E-state index < -0.39 is 65.6 Å². The molecule has 2 amide bonds. The summed E-state index contributed by atoms with van der Waals surface area (Å²) in [5.74, 6) is 2.82. The summed E-state index contributed by atoms with van der Waals surface area (Å²) in [5, 5.41) is 14.3. The average Bonchev–Trinajstić information content (AvgIpc) is 3.65. The smallest absolute Gasteiger partial charge is 0.410 e. The Labute approximate surface area is 329 Å². The number of carbonyl (C=O) groups is 4. The fourth-order valence-electron chi connectivity index (χ4n) is 9.45. The second kappa shape index (κ2) is 17.0. The Morgan fingerprint density at radius 1 is 1.15 bits per heavy atom. The fourth-order valence-corrected chi connectivity index (χ4v) is 10.3. The number of rotatable bonds is 6. The number of aliphatic hydroxyl groups excluding tert-OH is 1. The molecule has 14 heteroatoms. The van der Waals surface area contributed by atoms with Crippen molar-refractivity contribution in [1.82, 2.24) is 15.1 Å². The molecular weight excluding hydrogens is 725 g/mol. The van der Waals surface area contributed by atoms with Gasteiger partial charge in [0, 0.05) is 49.0 Å². The van der Waals surface area contributed by atoms with E-state index in [0.717, 1.165) is 5.71 Å². The maximum atomic E-state index is 14.6. The number of hydrogen-bond donors (Lipinski definition) is 2. The molecule has 55 heavy (non-hydrogen) atoms. The maximum absolute atomic E-state index is 14.6. The van der Waals surface area contributed by atoms with Crippen LogP contribution in [0.15, 0.2) is 17.1 Å². The van der Waals surface area contributed by atoms with E-state index in [1.54, 1.807) is 31.9 Å². The van der Waals surface area contributed by atoms with Crippen molar-refractivity contribution in [3.8, 4) is 11.8 Å². The number of aliphatic imine (C=N–C) groups is 1. The molecule has 4 aliphatic rings. The predicted octanol–water partition coefficient (Wildman–Crippen LogP) is 4.54. The minimum absolute atomic E-state index is 0.176. The predicted molar refractivity (Wildman–Crippen MR) is 209 cm³/mol. The van der Waals surface area contributed by atoms with Crippen molar-refractivity contribution in [3.63, 3.8) is 0 Å². The van der Waals surface area contributed by atoms with E-state index in [1.165, 1.54) is 11.3 Å². The third-order valence-electron chi connectivity index (χ3n) is 12.3. The van der Waals surface area contributed by atoms with Crippen LogP contribution >= 0.6 is 11.3 Å². The highest BCUT2D eigenvalue weighted by Gasteiger charge is 2.60. The van der Waals surface area contributed by atoms with Crippen LogP contribution in [0.5, 0.6) is 0 Å². The van der Waals surface area contributed by atoms with Crippen molar-refractivity contribution in [2.75, 3.05) is 34.2 Å². The van der Waals surface area contributed by atoms with E-state index in [1.807, 2.05) is 52.8 Å². The van der Waals surface area contributed by atoms with Gasteiger partial charge in [-0.3, -0.25) is 24.3 Å². The fraction of sp³-hybridized carbons (Fsp3) is 0.732. The van der Waals surface area contributed by atoms with Gasteiger partial charge >= 0.3 is 12.1 Å². The van der Waals surface area contributed by atoms with Crippen LogP contribution in [0.25, 0.3) is 0 Å². The quantitative estimate of drug-likeness (QED) is 0.239. The van der Waals surface area contributed by atoms with Gasteiger partial charge in [-0.1, -0.05) is 46.5 Å². The molecule has 5 rings (SSSR count). The second-order valence-corrected chi connectivity index (χ2v) is 17.7. The molecule has 3 saturated heterocycles. The molecule has 1 unspecified atom stereocenters. The van der Waals surface area contributed by atoms with E-state index >= 15 is 0 Å². The van der Waals surface area contributed by atoms with Crippen molar-refractivity contribution in [2.45, 2.75) is 129 Å². The molecule has 0 radical (unpaired) electrons. The largest absolute Gasteiger partial charge is 0.458 e. The van der Waals surface area contributed by atoms with Crippen LogP contribution in [-0.4, -0.2) is 127 Å². The monoisotopic (exact) mass is 784 g/mol. The summed E-state index contributed by atoms with van der Waals surface area (Å²) in [6.07, 6.45) is -2.81. The molecule has 0 spiro atoms. The van der Waals surface area contributed by atoms with Crippen LogP contribution in [0.2, 0.25) is 0 Å². The van der Waals surface area contributed by atoms with Crippen molar-refractivity contribution < 1.29 is 43.2 Å². The van der Waals surface area contributed by atoms with Gasteiger partial charge in [-0.15, -0.1) is 11.3 Å². The molecule has 2 bridgehead atoms. The van der Waals surface area contributed by atoms with E-state index in [0.29, 0.717) is 42.1 Å². The number of carbonyl (C=O) groups excluding carboxylic acids is 4. The van der Waals surface area contributed by atoms with Gasteiger partial charge in [0.05, 0.1) is 34.5 Å². The number of fused-ring (bicyclic) bond motifs is 1. The van der Waals surface area contributed by atoms with Gasteiger partial charge in [-0.25, -0.2) is 4.79 Å². The SMILES string of the molecule is CC[C@H]1OC(=O)[C@H](C)C(=O)[C@H](C)[C@@H](OC2O[C@H](C)C[C@H](N(C)C)[C@H]2O)[C@@](C)(CC#Cc2ccc(C(=O)NC)s2)C[C@@H](C)C2=NCCN3C(=O)O[C@@]1(C)[C@H]3[C@H]2C. The highest BCUT2D eigenvalue weighted by atomic mass is 32.1. The normalized spacial score (nSPS) is 38.6. The van der Waals surface area contributed by atoms with Crippen LogP contribution < -0.4 is 5.32 Å². The molecule has 1 aromatic rings. The summed E-state index contributed by atoms with van der Waals surface area (Å²) in [7, 11) is 5.38. The maximum Gasteiger partial charge on any atom is 0.410 e. The molecule has 13 atom stereocenters. The van der Waals surface area contributed by atoms with Crippen molar-refractivity contribution in [2.24, 2.45) is 34.1 Å². The number of likely N-dealkylation sites (N-methyl/N-ethyl adjacent to an activating group) is 1. The van der Waals surface area contributed by atoms with Crippen LogP contribution in [0.3, 0.4) is 0 Å². The summed E-state index contributed by atoms with van der Waals surface area (Å²) in [4.78, 5) is 64.3. The number of amides is 2. The Hall–Kier alpha value is -3.35. The Kier molecular flexibility index (Phi) is 13.2. The van der Waals surface area contributed by atoms with Gasteiger partial charge in [0.15, 0.2) is 17.7 Å². The van der Waals surface area contributed by atoms with E-state index in [2.05, 4.69) is 31.0 Å². The zero-order valence-corrected chi connectivity index (χ0v) is 35.0.